The van der Waals surface area contributed by atoms with E-state index in [0.29, 0.717) is 10.7 Å². The smallest absolute Gasteiger partial charge is 0.470 e. The molecule has 0 aliphatic carbocycles. The van der Waals surface area contributed by atoms with E-state index in [1.165, 1.54) is 4.68 Å². The zero-order valence-electron chi connectivity index (χ0n) is 13.6. The van der Waals surface area contributed by atoms with Gasteiger partial charge in [0.2, 0.25) is 5.88 Å². The number of carbonyl (C=O) groups is 1. The van der Waals surface area contributed by atoms with E-state index in [1.54, 1.807) is 30.5 Å². The largest absolute Gasteiger partial charge is 0.483 e. The minimum atomic E-state index is -4.53. The maximum atomic E-state index is 12.4. The van der Waals surface area contributed by atoms with Crippen molar-refractivity contribution in [2.75, 3.05) is 0 Å². The molecule has 7 nitrogen and oxygen atoms in total. The van der Waals surface area contributed by atoms with Gasteiger partial charge in [0, 0.05) is 11.1 Å². The molecule has 0 bridgehead atoms. The maximum absolute atomic E-state index is 12.4. The highest BCUT2D eigenvalue weighted by atomic mass is 35.5. The quantitative estimate of drug-likeness (QED) is 0.460. The molecule has 0 amide bonds. The fourth-order valence-corrected chi connectivity index (χ4v) is 1.91. The van der Waals surface area contributed by atoms with Gasteiger partial charge >= 0.3 is 12.5 Å². The zero-order valence-corrected chi connectivity index (χ0v) is 14.3. The number of rotatable bonds is 4. The molecule has 0 aliphatic rings. The second kappa shape index (κ2) is 9.17. The van der Waals surface area contributed by atoms with Crippen molar-refractivity contribution in [2.45, 2.75) is 12.8 Å². The topological polar surface area (TPSA) is 82.8 Å². The lowest BCUT2D eigenvalue weighted by molar-refractivity contribution is -0.141. The molecule has 0 aliphatic heterocycles. The van der Waals surface area contributed by atoms with Crippen LogP contribution in [0.4, 0.5) is 26.7 Å². The summed E-state index contributed by atoms with van der Waals surface area (Å²) in [6, 6.07) is 8.86. The van der Waals surface area contributed by atoms with Crippen molar-refractivity contribution < 1.29 is 31.5 Å². The van der Waals surface area contributed by atoms with Crippen LogP contribution in [0.3, 0.4) is 0 Å². The van der Waals surface area contributed by atoms with E-state index in [2.05, 4.69) is 20.5 Å². The fourth-order valence-electron chi connectivity index (χ4n) is 1.78. The Labute approximate surface area is 158 Å². The Kier molecular flexibility index (Phi) is 6.93. The van der Waals surface area contributed by atoms with Crippen molar-refractivity contribution >= 4 is 17.9 Å². The molecule has 0 spiro atoms. The van der Waals surface area contributed by atoms with Crippen LogP contribution in [-0.2, 0) is 12.8 Å². The lowest BCUT2D eigenvalue weighted by Gasteiger charge is -2.05. The van der Waals surface area contributed by atoms with E-state index in [0.717, 1.165) is 17.8 Å². The molecule has 148 valence electrons. The summed E-state index contributed by atoms with van der Waals surface area (Å²) in [4.78, 5) is 8.11. The van der Waals surface area contributed by atoms with Gasteiger partial charge in [0.05, 0.1) is 11.9 Å². The van der Waals surface area contributed by atoms with E-state index in [9.17, 15) is 22.0 Å². The van der Waals surface area contributed by atoms with Crippen LogP contribution < -0.4 is 4.74 Å². The van der Waals surface area contributed by atoms with E-state index < -0.39 is 18.2 Å². The maximum Gasteiger partial charge on any atom is 0.483 e. The zero-order chi connectivity index (χ0) is 20.7. The number of alkyl halides is 3. The molecule has 3 rings (SSSR count). The first-order valence-corrected chi connectivity index (χ1v) is 7.59. The van der Waals surface area contributed by atoms with Crippen LogP contribution in [0.15, 0.2) is 42.6 Å². The van der Waals surface area contributed by atoms with E-state index in [1.807, 2.05) is 0 Å². The van der Waals surface area contributed by atoms with Crippen molar-refractivity contribution in [1.29, 1.82) is 0 Å². The molecule has 1 aromatic carbocycles. The molecule has 28 heavy (non-hydrogen) atoms. The summed E-state index contributed by atoms with van der Waals surface area (Å²) in [5.74, 6) is -0.0379. The van der Waals surface area contributed by atoms with Gasteiger partial charge in [-0.1, -0.05) is 16.8 Å². The third kappa shape index (κ3) is 6.54. The van der Waals surface area contributed by atoms with Crippen LogP contribution >= 0.6 is 11.6 Å². The number of ether oxygens (including phenoxy) is 1. The second-order valence-corrected chi connectivity index (χ2v) is 5.34. The van der Waals surface area contributed by atoms with E-state index in [4.69, 9.17) is 21.1 Å². The van der Waals surface area contributed by atoms with Crippen LogP contribution in [0.5, 0.6) is 5.88 Å². The molecule has 2 aromatic heterocycles. The second-order valence-electron chi connectivity index (χ2n) is 4.90. The molecule has 2 heterocycles. The number of nitrogens with zero attached hydrogens (tertiary/aromatic N) is 5. The van der Waals surface area contributed by atoms with Gasteiger partial charge in [-0.15, -0.1) is 24.1 Å². The lowest BCUT2D eigenvalue weighted by atomic mass is 10.3. The lowest BCUT2D eigenvalue weighted by Crippen LogP contribution is -2.09. The van der Waals surface area contributed by atoms with Gasteiger partial charge in [-0.2, -0.15) is 13.2 Å². The van der Waals surface area contributed by atoms with E-state index in [-0.39, 0.29) is 12.5 Å². The number of carbonyl (C=O) groups excluding carboxylic acids is 1. The summed E-state index contributed by atoms with van der Waals surface area (Å²) in [6.07, 6.45) is -5.74. The highest BCUT2D eigenvalue weighted by Gasteiger charge is 2.32. The normalized spacial score (nSPS) is 10.8. The summed E-state index contributed by atoms with van der Waals surface area (Å²) in [5, 5.41) is 14.9. The van der Waals surface area contributed by atoms with Gasteiger partial charge in [-0.25, -0.2) is 9.48 Å². The highest BCUT2D eigenvalue weighted by Crippen LogP contribution is 2.27. The molecule has 0 saturated carbocycles. The molecular formula is C15H9ClF5N5O2. The Hall–Kier alpha value is -3.15. The number of hydrogen-bond donors (Lipinski definition) is 0. The van der Waals surface area contributed by atoms with Crippen molar-refractivity contribution in [3.05, 3.63) is 59.0 Å². The average Bonchev–Trinajstić information content (AvgIpc) is 3.09. The molecule has 0 fully saturated rings. The van der Waals surface area contributed by atoms with Crippen LogP contribution in [0.2, 0.25) is 5.02 Å². The van der Waals surface area contributed by atoms with Crippen LogP contribution in [0.1, 0.15) is 11.4 Å². The SMILES string of the molecule is FC(F)(F)c1ccc(OCc2cn(-c3ccc(Cl)cc3)nn2)nn1.O=C(F)F. The molecule has 0 unspecified atom stereocenters. The van der Waals surface area contributed by atoms with Gasteiger partial charge in [-0.05, 0) is 30.3 Å². The van der Waals surface area contributed by atoms with Crippen molar-refractivity contribution in [2.24, 2.45) is 0 Å². The first-order chi connectivity index (χ1) is 13.1. The number of halogens is 6. The Bertz CT molecular complexity index is 912. The molecule has 0 N–H and O–H groups in total. The molecule has 0 atom stereocenters. The Morgan fingerprint density at radius 1 is 1.04 bits per heavy atom. The third-order valence-corrected chi connectivity index (χ3v) is 3.18. The summed E-state index contributed by atoms with van der Waals surface area (Å²) >= 11 is 5.81. The minimum Gasteiger partial charge on any atom is -0.470 e. The Balaban J connectivity index is 0.000000640. The van der Waals surface area contributed by atoms with Crippen LogP contribution in [0, 0.1) is 0 Å². The monoisotopic (exact) mass is 421 g/mol. The van der Waals surface area contributed by atoms with Crippen LogP contribution in [-0.4, -0.2) is 31.5 Å². The van der Waals surface area contributed by atoms with Crippen molar-refractivity contribution in [1.82, 2.24) is 25.2 Å². The van der Waals surface area contributed by atoms with Crippen molar-refractivity contribution in [3.8, 4) is 11.6 Å². The van der Waals surface area contributed by atoms with Gasteiger partial charge < -0.3 is 4.74 Å². The summed E-state index contributed by atoms with van der Waals surface area (Å²) in [7, 11) is 0. The van der Waals surface area contributed by atoms with Crippen molar-refractivity contribution in [3.63, 3.8) is 0 Å². The van der Waals surface area contributed by atoms with Gasteiger partial charge in [0.1, 0.15) is 12.3 Å². The summed E-state index contributed by atoms with van der Waals surface area (Å²) in [6.45, 7) is -0.00632. The average molecular weight is 422 g/mol. The first-order valence-electron chi connectivity index (χ1n) is 7.21. The summed E-state index contributed by atoms with van der Waals surface area (Å²) < 4.78 is 63.3. The molecular weight excluding hydrogens is 413 g/mol. The Morgan fingerprint density at radius 3 is 2.21 bits per heavy atom. The number of hydrogen-bond acceptors (Lipinski definition) is 6. The molecule has 0 radical (unpaired) electrons. The minimum absolute atomic E-state index is 0.00632. The van der Waals surface area contributed by atoms with E-state index >= 15 is 0 Å². The van der Waals surface area contributed by atoms with Gasteiger partial charge in [0.15, 0.2) is 5.69 Å². The number of aromatic nitrogens is 5. The first kappa shape index (κ1) is 21.2. The molecule has 0 saturated heterocycles. The summed E-state index contributed by atoms with van der Waals surface area (Å²) in [5.41, 5.74) is 0.155. The fraction of sp³-hybridized carbons (Fsp3) is 0.133. The predicted octanol–water partition coefficient (Wildman–Crippen LogP) is 4.35. The Morgan fingerprint density at radius 2 is 1.68 bits per heavy atom. The predicted molar refractivity (Wildman–Crippen MR) is 85.3 cm³/mol. The van der Waals surface area contributed by atoms with Gasteiger partial charge in [-0.3, -0.25) is 0 Å². The standard InChI is InChI=1S/C14H9ClF3N5O.CF2O/c15-9-1-3-11(4-2-9)23-7-10(19-22-23)8-24-13-6-5-12(20-21-13)14(16,17)18;2-1(3)4/h1-7H,8H2;. The van der Waals surface area contributed by atoms with Crippen LogP contribution in [0.25, 0.3) is 5.69 Å². The molecule has 13 heteroatoms. The number of benzene rings is 1. The third-order valence-electron chi connectivity index (χ3n) is 2.93. The highest BCUT2D eigenvalue weighted by molar-refractivity contribution is 6.30. The molecule has 3 aromatic rings. The van der Waals surface area contributed by atoms with Gasteiger partial charge in [0.25, 0.3) is 0 Å².